The molecule has 1 N–H and O–H groups in total. The van der Waals surface area contributed by atoms with Crippen molar-refractivity contribution in [1.82, 2.24) is 0 Å². The maximum Gasteiger partial charge on any atom is 0.186 e. The highest BCUT2D eigenvalue weighted by molar-refractivity contribution is 5.80. The predicted octanol–water partition coefficient (Wildman–Crippen LogP) is 0.822. The smallest absolute Gasteiger partial charge is 0.186 e. The first-order chi connectivity index (χ1) is 5.07. The molecule has 0 aromatic rings. The summed E-state index contributed by atoms with van der Waals surface area (Å²) in [5.41, 5.74) is -0.389. The Bertz CT molecular complexity index is 177. The van der Waals surface area contributed by atoms with Gasteiger partial charge in [-0.05, 0) is 6.92 Å². The highest BCUT2D eigenvalue weighted by Gasteiger charge is 2.31. The van der Waals surface area contributed by atoms with Crippen LogP contribution in [0.25, 0.3) is 0 Å². The zero-order valence-corrected chi connectivity index (χ0v) is 7.29. The van der Waals surface area contributed by atoms with Crippen LogP contribution in [0.5, 0.6) is 0 Å². The van der Waals surface area contributed by atoms with Gasteiger partial charge < -0.3 is 9.84 Å². The van der Waals surface area contributed by atoms with Crippen LogP contribution in [-0.2, 0) is 4.74 Å². The molecular formula is C8H15NO2. The van der Waals surface area contributed by atoms with Gasteiger partial charge in [-0.25, -0.2) is 4.99 Å². The Morgan fingerprint density at radius 2 is 2.36 bits per heavy atom. The number of aliphatic imine (C=N–C) groups is 1. The van der Waals surface area contributed by atoms with Crippen molar-refractivity contribution in [2.24, 2.45) is 10.9 Å². The maximum absolute atomic E-state index is 8.94. The summed E-state index contributed by atoms with van der Waals surface area (Å²) in [6.45, 7) is 6.52. The lowest BCUT2D eigenvalue weighted by Crippen LogP contribution is -2.28. The van der Waals surface area contributed by atoms with Gasteiger partial charge >= 0.3 is 0 Å². The molecule has 1 unspecified atom stereocenters. The fraction of sp³-hybridized carbons (Fsp3) is 0.875. The second-order valence-corrected chi connectivity index (χ2v) is 3.55. The molecule has 64 valence electrons. The zero-order valence-electron chi connectivity index (χ0n) is 7.29. The molecule has 0 aromatic carbocycles. The van der Waals surface area contributed by atoms with E-state index < -0.39 is 0 Å². The topological polar surface area (TPSA) is 41.8 Å². The molecule has 0 fully saturated rings. The third-order valence-electron chi connectivity index (χ3n) is 1.75. The summed E-state index contributed by atoms with van der Waals surface area (Å²) in [7, 11) is 0. The molecule has 1 aliphatic heterocycles. The van der Waals surface area contributed by atoms with Crippen molar-refractivity contribution in [3.8, 4) is 0 Å². The van der Waals surface area contributed by atoms with Crippen molar-refractivity contribution in [3.05, 3.63) is 0 Å². The lowest BCUT2D eigenvalue weighted by Gasteiger charge is -2.12. The minimum atomic E-state index is -0.389. The third kappa shape index (κ3) is 1.71. The van der Waals surface area contributed by atoms with Crippen molar-refractivity contribution in [3.63, 3.8) is 0 Å². The van der Waals surface area contributed by atoms with Gasteiger partial charge in [-0.3, -0.25) is 0 Å². The van der Waals surface area contributed by atoms with Crippen LogP contribution < -0.4 is 0 Å². The molecule has 0 spiro atoms. The fourth-order valence-electron chi connectivity index (χ4n) is 0.937. The molecule has 1 atom stereocenters. The quantitative estimate of drug-likeness (QED) is 0.644. The summed E-state index contributed by atoms with van der Waals surface area (Å²) in [5, 5.41) is 8.94. The number of rotatable bonds is 2. The Hall–Kier alpha value is -0.570. The van der Waals surface area contributed by atoms with E-state index in [2.05, 4.69) is 4.99 Å². The molecule has 1 aliphatic rings. The normalized spacial score (nSPS) is 30.5. The molecule has 11 heavy (non-hydrogen) atoms. The second kappa shape index (κ2) is 2.81. The average Bonchev–Trinajstić information content (AvgIpc) is 2.33. The van der Waals surface area contributed by atoms with Crippen LogP contribution in [-0.4, -0.2) is 29.8 Å². The monoisotopic (exact) mass is 157 g/mol. The van der Waals surface area contributed by atoms with Gasteiger partial charge in [0.1, 0.15) is 12.1 Å². The van der Waals surface area contributed by atoms with Crippen molar-refractivity contribution in [1.29, 1.82) is 0 Å². The van der Waals surface area contributed by atoms with Gasteiger partial charge in [0.25, 0.3) is 0 Å². The van der Waals surface area contributed by atoms with Gasteiger partial charge in [0.05, 0.1) is 6.61 Å². The molecular weight excluding hydrogens is 142 g/mol. The maximum atomic E-state index is 8.94. The minimum Gasteiger partial charge on any atom is -0.478 e. The van der Waals surface area contributed by atoms with Gasteiger partial charge in [-0.1, -0.05) is 13.8 Å². The third-order valence-corrected chi connectivity index (χ3v) is 1.75. The van der Waals surface area contributed by atoms with Crippen molar-refractivity contribution >= 4 is 5.90 Å². The van der Waals surface area contributed by atoms with Crippen LogP contribution in [0.4, 0.5) is 0 Å². The van der Waals surface area contributed by atoms with Crippen molar-refractivity contribution in [2.75, 3.05) is 13.2 Å². The van der Waals surface area contributed by atoms with Crippen LogP contribution in [0.1, 0.15) is 20.8 Å². The molecule has 0 bridgehead atoms. The Labute approximate surface area is 67.1 Å². The van der Waals surface area contributed by atoms with E-state index in [-0.39, 0.29) is 12.1 Å². The van der Waals surface area contributed by atoms with Gasteiger partial charge in [-0.15, -0.1) is 0 Å². The predicted molar refractivity (Wildman–Crippen MR) is 43.7 cm³/mol. The Kier molecular flexibility index (Phi) is 2.18. The highest BCUT2D eigenvalue weighted by atomic mass is 16.5. The van der Waals surface area contributed by atoms with E-state index in [1.165, 1.54) is 0 Å². The van der Waals surface area contributed by atoms with Crippen LogP contribution >= 0.6 is 0 Å². The first kappa shape index (κ1) is 8.53. The Balaban J connectivity index is 2.67. The molecule has 0 aliphatic carbocycles. The number of aliphatic hydroxyl groups excluding tert-OH is 1. The summed E-state index contributed by atoms with van der Waals surface area (Å²) in [6, 6.07) is 0. The molecule has 0 radical (unpaired) electrons. The summed E-state index contributed by atoms with van der Waals surface area (Å²) >= 11 is 0. The highest BCUT2D eigenvalue weighted by Crippen LogP contribution is 2.20. The van der Waals surface area contributed by atoms with Crippen molar-refractivity contribution in [2.45, 2.75) is 26.3 Å². The molecule has 0 saturated heterocycles. The van der Waals surface area contributed by atoms with Crippen LogP contribution in [0.3, 0.4) is 0 Å². The van der Waals surface area contributed by atoms with E-state index in [1.54, 1.807) is 0 Å². The largest absolute Gasteiger partial charge is 0.478 e. The van der Waals surface area contributed by atoms with E-state index in [1.807, 2.05) is 20.8 Å². The van der Waals surface area contributed by atoms with E-state index in [0.29, 0.717) is 12.5 Å². The summed E-state index contributed by atoms with van der Waals surface area (Å²) < 4.78 is 5.31. The summed E-state index contributed by atoms with van der Waals surface area (Å²) in [5.74, 6) is 1.09. The first-order valence-corrected chi connectivity index (χ1v) is 3.91. The van der Waals surface area contributed by atoms with E-state index in [0.717, 1.165) is 5.90 Å². The van der Waals surface area contributed by atoms with Crippen molar-refractivity contribution < 1.29 is 9.84 Å². The zero-order chi connectivity index (χ0) is 8.48. The standard InChI is InChI=1S/C8H15NO2/c1-6(2)7-9-8(3,4-10)5-11-7/h6,10H,4-5H2,1-3H3. The van der Waals surface area contributed by atoms with E-state index >= 15 is 0 Å². The number of hydrogen-bond donors (Lipinski definition) is 1. The number of hydrogen-bond acceptors (Lipinski definition) is 3. The molecule has 0 amide bonds. The van der Waals surface area contributed by atoms with Crippen LogP contribution in [0.2, 0.25) is 0 Å². The van der Waals surface area contributed by atoms with Crippen LogP contribution in [0.15, 0.2) is 4.99 Å². The molecule has 0 aromatic heterocycles. The Morgan fingerprint density at radius 1 is 1.73 bits per heavy atom. The number of nitrogens with zero attached hydrogens (tertiary/aromatic N) is 1. The molecule has 1 rings (SSSR count). The number of ether oxygens (including phenoxy) is 1. The second-order valence-electron chi connectivity index (χ2n) is 3.55. The Morgan fingerprint density at radius 3 is 2.64 bits per heavy atom. The number of aliphatic hydroxyl groups is 1. The SMILES string of the molecule is CC(C)C1=NC(C)(CO)CO1. The van der Waals surface area contributed by atoms with Gasteiger partial charge in [-0.2, -0.15) is 0 Å². The summed E-state index contributed by atoms with van der Waals surface area (Å²) in [6.07, 6.45) is 0. The summed E-state index contributed by atoms with van der Waals surface area (Å²) in [4.78, 5) is 4.28. The van der Waals surface area contributed by atoms with E-state index in [4.69, 9.17) is 9.84 Å². The van der Waals surface area contributed by atoms with Gasteiger partial charge in [0.15, 0.2) is 5.90 Å². The minimum absolute atomic E-state index is 0.0588. The van der Waals surface area contributed by atoms with Gasteiger partial charge in [0, 0.05) is 5.92 Å². The molecule has 3 heteroatoms. The van der Waals surface area contributed by atoms with Gasteiger partial charge in [0.2, 0.25) is 0 Å². The molecule has 1 heterocycles. The average molecular weight is 157 g/mol. The van der Waals surface area contributed by atoms with E-state index in [9.17, 15) is 0 Å². The lowest BCUT2D eigenvalue weighted by molar-refractivity contribution is 0.168. The fourth-order valence-corrected chi connectivity index (χ4v) is 0.937. The first-order valence-electron chi connectivity index (χ1n) is 3.91. The van der Waals surface area contributed by atoms with Crippen LogP contribution in [0, 0.1) is 5.92 Å². The molecule has 0 saturated carbocycles. The molecule has 3 nitrogen and oxygen atoms in total. The lowest BCUT2D eigenvalue weighted by atomic mass is 10.1.